The number of amides is 1. The molecule has 0 atom stereocenters. The SMILES string of the molecule is CCn1c(N2CCN(c3ccccc3F)CC2)c(/C=C2\SC(=S)N(Cc3ccc4c(c3)OCO4)C2=O)c(C)c(C#N)c1=O. The van der Waals surface area contributed by atoms with Crippen molar-refractivity contribution in [3.63, 3.8) is 0 Å². The van der Waals surface area contributed by atoms with Gasteiger partial charge in [0.05, 0.1) is 17.1 Å². The van der Waals surface area contributed by atoms with Crippen molar-refractivity contribution in [2.24, 2.45) is 0 Å². The molecule has 0 N–H and O–H groups in total. The molecule has 0 aliphatic carbocycles. The van der Waals surface area contributed by atoms with Gasteiger partial charge in [0.2, 0.25) is 6.79 Å². The van der Waals surface area contributed by atoms with Crippen LogP contribution in [0.4, 0.5) is 15.9 Å². The molecule has 0 saturated carbocycles. The van der Waals surface area contributed by atoms with E-state index in [1.165, 1.54) is 22.7 Å². The zero-order valence-corrected chi connectivity index (χ0v) is 25.3. The van der Waals surface area contributed by atoms with Gasteiger partial charge in [0.25, 0.3) is 11.5 Å². The predicted octanol–water partition coefficient (Wildman–Crippen LogP) is 4.64. The fourth-order valence-electron chi connectivity index (χ4n) is 5.63. The van der Waals surface area contributed by atoms with Crippen LogP contribution in [-0.2, 0) is 17.9 Å². The standard InChI is InChI=1S/C31H28FN5O4S2/c1-3-36-28(35-12-10-34(11-13-35)24-7-5-4-6-23(24)32)21(19(2)22(16-33)29(36)38)15-27-30(39)37(31(42)43-27)17-20-8-9-25-26(14-20)41-18-40-25/h4-9,14-15H,3,10-13,17-18H2,1-2H3/b27-15-. The Morgan fingerprint density at radius 3 is 2.51 bits per heavy atom. The Morgan fingerprint density at radius 2 is 1.79 bits per heavy atom. The van der Waals surface area contributed by atoms with Gasteiger partial charge in [-0.3, -0.25) is 19.1 Å². The third kappa shape index (κ3) is 5.23. The van der Waals surface area contributed by atoms with Gasteiger partial charge in [-0.1, -0.05) is 42.2 Å². The topological polar surface area (TPSA) is 91.0 Å². The summed E-state index contributed by atoms with van der Waals surface area (Å²) < 4.78 is 27.4. The van der Waals surface area contributed by atoms with E-state index in [1.807, 2.05) is 36.1 Å². The number of carbonyl (C=O) groups is 1. The molecule has 3 aliphatic rings. The second kappa shape index (κ2) is 11.7. The predicted molar refractivity (Wildman–Crippen MR) is 168 cm³/mol. The van der Waals surface area contributed by atoms with Crippen molar-refractivity contribution >= 4 is 51.8 Å². The summed E-state index contributed by atoms with van der Waals surface area (Å²) in [6.45, 7) is 6.46. The fraction of sp³-hybridized carbons (Fsp3) is 0.290. The number of carbonyl (C=O) groups excluding carboxylic acids is 1. The Hall–Kier alpha value is -4.34. The van der Waals surface area contributed by atoms with Crippen LogP contribution >= 0.6 is 24.0 Å². The van der Waals surface area contributed by atoms with E-state index in [2.05, 4.69) is 11.0 Å². The first kappa shape index (κ1) is 28.8. The van der Waals surface area contributed by atoms with Gasteiger partial charge in [-0.15, -0.1) is 0 Å². The Morgan fingerprint density at radius 1 is 1.07 bits per heavy atom. The summed E-state index contributed by atoms with van der Waals surface area (Å²) in [7, 11) is 0. The lowest BCUT2D eigenvalue weighted by molar-refractivity contribution is -0.122. The maximum atomic E-state index is 14.5. The summed E-state index contributed by atoms with van der Waals surface area (Å²) in [6, 6.07) is 14.3. The molecular formula is C31H28FN5O4S2. The number of aromatic nitrogens is 1. The van der Waals surface area contributed by atoms with E-state index < -0.39 is 0 Å². The summed E-state index contributed by atoms with van der Waals surface area (Å²) in [6.07, 6.45) is 1.75. The molecule has 43 heavy (non-hydrogen) atoms. The molecule has 9 nitrogen and oxygen atoms in total. The minimum Gasteiger partial charge on any atom is -0.454 e. The number of hydrogen-bond acceptors (Lipinski definition) is 9. The highest BCUT2D eigenvalue weighted by atomic mass is 32.2. The second-order valence-electron chi connectivity index (χ2n) is 10.3. The average molecular weight is 618 g/mol. The van der Waals surface area contributed by atoms with Gasteiger partial charge in [0.1, 0.15) is 27.6 Å². The molecule has 1 amide bonds. The smallest absolute Gasteiger partial charge is 0.270 e. The number of ether oxygens (including phenoxy) is 2. The van der Waals surface area contributed by atoms with Crippen molar-refractivity contribution < 1.29 is 18.7 Å². The number of hydrogen-bond donors (Lipinski definition) is 0. The number of rotatable bonds is 6. The van der Waals surface area contributed by atoms with E-state index in [4.69, 9.17) is 21.7 Å². The van der Waals surface area contributed by atoms with Crippen LogP contribution in [0, 0.1) is 24.1 Å². The highest BCUT2D eigenvalue weighted by Gasteiger charge is 2.34. The van der Waals surface area contributed by atoms with E-state index in [0.717, 1.165) is 5.56 Å². The van der Waals surface area contributed by atoms with E-state index >= 15 is 0 Å². The first-order chi connectivity index (χ1) is 20.8. The van der Waals surface area contributed by atoms with Crippen molar-refractivity contribution in [3.05, 3.63) is 85.8 Å². The van der Waals surface area contributed by atoms with Crippen LogP contribution in [0.1, 0.15) is 29.2 Å². The van der Waals surface area contributed by atoms with Crippen LogP contribution in [0.3, 0.4) is 0 Å². The van der Waals surface area contributed by atoms with Gasteiger partial charge in [-0.2, -0.15) is 5.26 Å². The molecule has 6 rings (SSSR count). The Bertz CT molecular complexity index is 1770. The lowest BCUT2D eigenvalue weighted by Gasteiger charge is -2.39. The fourth-order valence-corrected chi connectivity index (χ4v) is 6.87. The molecule has 0 radical (unpaired) electrons. The number of piperazine rings is 1. The highest BCUT2D eigenvalue weighted by Crippen LogP contribution is 2.38. The first-order valence-corrected chi connectivity index (χ1v) is 15.1. The monoisotopic (exact) mass is 617 g/mol. The summed E-state index contributed by atoms with van der Waals surface area (Å²) in [4.78, 5) is 33.1. The number of thiocarbonyl (C=S) groups is 1. The zero-order chi connectivity index (χ0) is 30.2. The number of halogens is 1. The van der Waals surface area contributed by atoms with Crippen molar-refractivity contribution in [2.75, 3.05) is 42.8 Å². The number of thioether (sulfide) groups is 1. The number of fused-ring (bicyclic) bond motifs is 1. The molecular weight excluding hydrogens is 590 g/mol. The molecule has 0 unspecified atom stereocenters. The lowest BCUT2D eigenvalue weighted by Crippen LogP contribution is -2.49. The summed E-state index contributed by atoms with van der Waals surface area (Å²) >= 11 is 6.80. The summed E-state index contributed by atoms with van der Waals surface area (Å²) in [5.41, 5.74) is 2.18. The summed E-state index contributed by atoms with van der Waals surface area (Å²) in [5, 5.41) is 9.90. The largest absolute Gasteiger partial charge is 0.454 e. The van der Waals surface area contributed by atoms with Crippen LogP contribution < -0.4 is 24.8 Å². The Balaban J connectivity index is 1.34. The number of para-hydroxylation sites is 1. The van der Waals surface area contributed by atoms with Crippen molar-refractivity contribution in [1.29, 1.82) is 5.26 Å². The molecule has 3 aromatic rings. The molecule has 12 heteroatoms. The number of nitrogens with zero attached hydrogens (tertiary/aromatic N) is 5. The zero-order valence-electron chi connectivity index (χ0n) is 23.6. The van der Waals surface area contributed by atoms with Crippen molar-refractivity contribution in [3.8, 4) is 17.6 Å². The van der Waals surface area contributed by atoms with Crippen molar-refractivity contribution in [1.82, 2.24) is 9.47 Å². The number of benzene rings is 2. The van der Waals surface area contributed by atoms with Crippen LogP contribution in [0.25, 0.3) is 6.08 Å². The molecule has 2 aromatic carbocycles. The second-order valence-corrected chi connectivity index (χ2v) is 12.0. The normalized spacial score (nSPS) is 17.3. The minimum atomic E-state index is -0.374. The van der Waals surface area contributed by atoms with Crippen LogP contribution in [0.2, 0.25) is 0 Å². The molecule has 1 aromatic heterocycles. The van der Waals surface area contributed by atoms with Gasteiger partial charge in [0.15, 0.2) is 11.5 Å². The molecule has 4 heterocycles. The third-order valence-corrected chi connectivity index (χ3v) is 9.24. The van der Waals surface area contributed by atoms with Gasteiger partial charge < -0.3 is 19.3 Å². The van der Waals surface area contributed by atoms with Gasteiger partial charge in [-0.25, -0.2) is 4.39 Å². The third-order valence-electron chi connectivity index (χ3n) is 7.86. The average Bonchev–Trinajstić information content (AvgIpc) is 3.58. The maximum absolute atomic E-state index is 14.5. The van der Waals surface area contributed by atoms with Crippen LogP contribution in [0.5, 0.6) is 11.5 Å². The molecule has 220 valence electrons. The van der Waals surface area contributed by atoms with E-state index in [0.29, 0.717) is 76.1 Å². The molecule has 2 saturated heterocycles. The minimum absolute atomic E-state index is 0.0395. The Kier molecular flexibility index (Phi) is 7.85. The van der Waals surface area contributed by atoms with Gasteiger partial charge in [-0.05, 0) is 55.3 Å². The van der Waals surface area contributed by atoms with E-state index in [1.54, 1.807) is 29.7 Å². The van der Waals surface area contributed by atoms with E-state index in [9.17, 15) is 19.2 Å². The Labute approximate surface area is 257 Å². The molecule has 2 fully saturated rings. The van der Waals surface area contributed by atoms with E-state index in [-0.39, 0.29) is 36.2 Å². The molecule has 0 bridgehead atoms. The molecule has 0 spiro atoms. The maximum Gasteiger partial charge on any atom is 0.270 e. The first-order valence-electron chi connectivity index (χ1n) is 13.9. The van der Waals surface area contributed by atoms with Gasteiger partial charge >= 0.3 is 0 Å². The quantitative estimate of drug-likeness (QED) is 0.290. The van der Waals surface area contributed by atoms with Crippen molar-refractivity contribution in [2.45, 2.75) is 26.9 Å². The van der Waals surface area contributed by atoms with Crippen LogP contribution in [0.15, 0.2) is 52.2 Å². The number of anilines is 2. The number of pyridine rings is 1. The lowest BCUT2D eigenvalue weighted by atomic mass is 10.0. The number of nitriles is 1. The molecule has 3 aliphatic heterocycles. The highest BCUT2D eigenvalue weighted by molar-refractivity contribution is 8.26. The van der Waals surface area contributed by atoms with Gasteiger partial charge in [0, 0.05) is 38.3 Å². The van der Waals surface area contributed by atoms with Crippen LogP contribution in [-0.4, -0.2) is 52.7 Å². The summed E-state index contributed by atoms with van der Waals surface area (Å²) in [5.74, 6) is 1.39.